The van der Waals surface area contributed by atoms with Gasteiger partial charge in [-0.2, -0.15) is 0 Å². The van der Waals surface area contributed by atoms with E-state index in [-0.39, 0.29) is 0 Å². The smallest absolute Gasteiger partial charge is 0.134 e. The van der Waals surface area contributed by atoms with Crippen LogP contribution in [0.4, 0.5) is 11.6 Å². The molecule has 6 nitrogen and oxygen atoms in total. The molecule has 0 saturated carbocycles. The number of nitrogens with zero attached hydrogens (tertiary/aromatic N) is 4. The van der Waals surface area contributed by atoms with Crippen molar-refractivity contribution in [3.05, 3.63) is 71.3 Å². The molecule has 0 unspecified atom stereocenters. The maximum Gasteiger partial charge on any atom is 0.134 e. The monoisotopic (exact) mass is 375 g/mol. The van der Waals surface area contributed by atoms with E-state index in [0.29, 0.717) is 0 Å². The van der Waals surface area contributed by atoms with Gasteiger partial charge in [-0.15, -0.1) is 0 Å². The predicted molar refractivity (Wildman–Crippen MR) is 111 cm³/mol. The Balaban J connectivity index is 1.45. The van der Waals surface area contributed by atoms with Crippen molar-refractivity contribution in [1.29, 1.82) is 0 Å². The van der Waals surface area contributed by atoms with E-state index >= 15 is 0 Å². The Hall–Kier alpha value is -3.15. The summed E-state index contributed by atoms with van der Waals surface area (Å²) < 4.78 is 5.30. The second-order valence-corrected chi connectivity index (χ2v) is 7.04. The fourth-order valence-corrected chi connectivity index (χ4v) is 3.49. The first-order chi connectivity index (χ1) is 13.7. The minimum atomic E-state index is 0.772. The molecule has 0 saturated heterocycles. The number of benzene rings is 1. The Labute approximate surface area is 165 Å². The Morgan fingerprint density at radius 3 is 2.89 bits per heavy atom. The number of methoxy groups -OCH3 is 1. The molecule has 0 amide bonds. The summed E-state index contributed by atoms with van der Waals surface area (Å²) in [5.74, 6) is 2.81. The average molecular weight is 375 g/mol. The number of anilines is 2. The lowest BCUT2D eigenvalue weighted by Crippen LogP contribution is -2.32. The van der Waals surface area contributed by atoms with Crippen LogP contribution in [0.15, 0.2) is 48.9 Å². The summed E-state index contributed by atoms with van der Waals surface area (Å²) in [6, 6.07) is 12.4. The maximum atomic E-state index is 5.30. The zero-order valence-electron chi connectivity index (χ0n) is 16.4. The molecule has 3 aromatic rings. The van der Waals surface area contributed by atoms with Gasteiger partial charge in [0.2, 0.25) is 0 Å². The van der Waals surface area contributed by atoms with Crippen LogP contribution < -0.4 is 15.0 Å². The average Bonchev–Trinajstić information content (AvgIpc) is 2.74. The number of ether oxygens (including phenoxy) is 1. The lowest BCUT2D eigenvalue weighted by Gasteiger charge is -2.30. The third-order valence-corrected chi connectivity index (χ3v) is 5.06. The standard InChI is InChI=1S/C22H25N5O/c1-16-6-7-21(24-13-16)27-11-9-20-19(14-27)22(26-15-25-20)23-10-8-17-4-3-5-18(12-17)28-2/h3-7,12-13,15H,8-11,14H2,1-2H3,(H,23,25,26). The fourth-order valence-electron chi connectivity index (χ4n) is 3.49. The number of hydrogen-bond donors (Lipinski definition) is 1. The van der Waals surface area contributed by atoms with Gasteiger partial charge in [-0.25, -0.2) is 15.0 Å². The number of aryl methyl sites for hydroxylation is 1. The van der Waals surface area contributed by atoms with E-state index in [0.717, 1.165) is 55.6 Å². The highest BCUT2D eigenvalue weighted by Gasteiger charge is 2.21. The van der Waals surface area contributed by atoms with Crippen LogP contribution in [0.25, 0.3) is 0 Å². The van der Waals surface area contributed by atoms with E-state index in [1.807, 2.05) is 18.3 Å². The molecule has 0 aliphatic carbocycles. The van der Waals surface area contributed by atoms with Crippen molar-refractivity contribution in [3.63, 3.8) is 0 Å². The SMILES string of the molecule is COc1cccc(CCNc2ncnc3c2CN(c2ccc(C)cn2)CC3)c1. The molecular formula is C22H25N5O. The topological polar surface area (TPSA) is 63.2 Å². The van der Waals surface area contributed by atoms with Crippen molar-refractivity contribution in [1.82, 2.24) is 15.0 Å². The molecule has 6 heteroatoms. The van der Waals surface area contributed by atoms with Crippen LogP contribution in [0.3, 0.4) is 0 Å². The summed E-state index contributed by atoms with van der Waals surface area (Å²) in [6.07, 6.45) is 5.38. The molecule has 0 bridgehead atoms. The summed E-state index contributed by atoms with van der Waals surface area (Å²) in [5.41, 5.74) is 4.70. The normalized spacial score (nSPS) is 13.1. The molecule has 1 aromatic carbocycles. The lowest BCUT2D eigenvalue weighted by molar-refractivity contribution is 0.414. The second kappa shape index (κ2) is 8.25. The van der Waals surface area contributed by atoms with Gasteiger partial charge >= 0.3 is 0 Å². The van der Waals surface area contributed by atoms with Crippen molar-refractivity contribution in [2.75, 3.05) is 30.4 Å². The van der Waals surface area contributed by atoms with E-state index < -0.39 is 0 Å². The van der Waals surface area contributed by atoms with Gasteiger partial charge in [0, 0.05) is 37.8 Å². The lowest BCUT2D eigenvalue weighted by atomic mass is 10.1. The first-order valence-electron chi connectivity index (χ1n) is 9.60. The molecule has 28 heavy (non-hydrogen) atoms. The summed E-state index contributed by atoms with van der Waals surface area (Å²) in [7, 11) is 1.69. The first-order valence-corrected chi connectivity index (χ1v) is 9.60. The Kier molecular flexibility index (Phi) is 5.37. The van der Waals surface area contributed by atoms with Gasteiger partial charge in [0.05, 0.1) is 12.8 Å². The highest BCUT2D eigenvalue weighted by Crippen LogP contribution is 2.26. The molecule has 0 radical (unpaired) electrons. The van der Waals surface area contributed by atoms with Crippen LogP contribution in [-0.2, 0) is 19.4 Å². The van der Waals surface area contributed by atoms with Crippen molar-refractivity contribution in [2.24, 2.45) is 0 Å². The summed E-state index contributed by atoms with van der Waals surface area (Å²) in [6.45, 7) is 4.55. The molecule has 1 aliphatic rings. The number of hydrogen-bond acceptors (Lipinski definition) is 6. The van der Waals surface area contributed by atoms with E-state index in [4.69, 9.17) is 4.74 Å². The van der Waals surface area contributed by atoms with Crippen LogP contribution in [-0.4, -0.2) is 35.2 Å². The minimum Gasteiger partial charge on any atom is -0.497 e. The van der Waals surface area contributed by atoms with Gasteiger partial charge in [-0.1, -0.05) is 18.2 Å². The van der Waals surface area contributed by atoms with Gasteiger partial charge in [0.1, 0.15) is 23.7 Å². The summed E-state index contributed by atoms with van der Waals surface area (Å²) >= 11 is 0. The first kappa shape index (κ1) is 18.2. The van der Waals surface area contributed by atoms with Crippen molar-refractivity contribution in [3.8, 4) is 5.75 Å². The zero-order chi connectivity index (χ0) is 19.3. The van der Waals surface area contributed by atoms with Gasteiger partial charge in [-0.3, -0.25) is 0 Å². The van der Waals surface area contributed by atoms with Crippen LogP contribution in [0.1, 0.15) is 22.4 Å². The second-order valence-electron chi connectivity index (χ2n) is 7.04. The van der Waals surface area contributed by atoms with Crippen molar-refractivity contribution in [2.45, 2.75) is 26.3 Å². The van der Waals surface area contributed by atoms with Gasteiger partial charge < -0.3 is 15.0 Å². The summed E-state index contributed by atoms with van der Waals surface area (Å²) in [5, 5.41) is 3.50. The van der Waals surface area contributed by atoms with E-state index in [9.17, 15) is 0 Å². The number of pyridine rings is 1. The largest absolute Gasteiger partial charge is 0.497 e. The van der Waals surface area contributed by atoms with E-state index in [2.05, 4.69) is 56.4 Å². The van der Waals surface area contributed by atoms with Crippen LogP contribution in [0.5, 0.6) is 5.75 Å². The van der Waals surface area contributed by atoms with Gasteiger partial charge in [0.25, 0.3) is 0 Å². The van der Waals surface area contributed by atoms with Crippen molar-refractivity contribution < 1.29 is 4.74 Å². The highest BCUT2D eigenvalue weighted by atomic mass is 16.5. The maximum absolute atomic E-state index is 5.30. The summed E-state index contributed by atoms with van der Waals surface area (Å²) in [4.78, 5) is 15.9. The zero-order valence-corrected chi connectivity index (χ0v) is 16.4. The molecule has 2 aromatic heterocycles. The third-order valence-electron chi connectivity index (χ3n) is 5.06. The Morgan fingerprint density at radius 2 is 2.07 bits per heavy atom. The Morgan fingerprint density at radius 1 is 1.14 bits per heavy atom. The number of fused-ring (bicyclic) bond motifs is 1. The van der Waals surface area contributed by atoms with Crippen LogP contribution in [0, 0.1) is 6.92 Å². The fraction of sp³-hybridized carbons (Fsp3) is 0.318. The van der Waals surface area contributed by atoms with Crippen LogP contribution in [0.2, 0.25) is 0 Å². The molecule has 0 atom stereocenters. The highest BCUT2D eigenvalue weighted by molar-refractivity contribution is 5.52. The number of nitrogens with one attached hydrogen (secondary N) is 1. The molecule has 4 rings (SSSR count). The van der Waals surface area contributed by atoms with E-state index in [1.54, 1.807) is 13.4 Å². The molecule has 0 spiro atoms. The quantitative estimate of drug-likeness (QED) is 0.712. The van der Waals surface area contributed by atoms with Gasteiger partial charge in [0.15, 0.2) is 0 Å². The molecule has 1 aliphatic heterocycles. The Bertz CT molecular complexity index is 942. The molecule has 0 fully saturated rings. The molecule has 144 valence electrons. The molecular weight excluding hydrogens is 350 g/mol. The molecule has 1 N–H and O–H groups in total. The predicted octanol–water partition coefficient (Wildman–Crippen LogP) is 3.41. The minimum absolute atomic E-state index is 0.772. The third kappa shape index (κ3) is 4.06. The van der Waals surface area contributed by atoms with Gasteiger partial charge in [-0.05, 0) is 42.7 Å². The van der Waals surface area contributed by atoms with Crippen molar-refractivity contribution >= 4 is 11.6 Å². The van der Waals surface area contributed by atoms with E-state index in [1.165, 1.54) is 16.7 Å². The number of aromatic nitrogens is 3. The molecule has 3 heterocycles. The van der Waals surface area contributed by atoms with Crippen LogP contribution >= 0.6 is 0 Å². The number of rotatable bonds is 6.